The summed E-state index contributed by atoms with van der Waals surface area (Å²) in [5.74, 6) is 3.24. The minimum absolute atomic E-state index is 0.417. The van der Waals surface area contributed by atoms with E-state index >= 15 is 0 Å². The highest BCUT2D eigenvalue weighted by Gasteiger charge is 2.32. The van der Waals surface area contributed by atoms with Crippen LogP contribution in [0.3, 0.4) is 0 Å². The molecular formula is C13H25NOS. The number of hydrogen-bond donors (Lipinski definition) is 2. The molecule has 0 bridgehead atoms. The fourth-order valence-corrected chi connectivity index (χ4v) is 4.14. The maximum Gasteiger partial charge on any atom is 0.0774 e. The van der Waals surface area contributed by atoms with Crippen LogP contribution >= 0.6 is 11.8 Å². The van der Waals surface area contributed by atoms with Crippen molar-refractivity contribution in [2.45, 2.75) is 57.1 Å². The average Bonchev–Trinajstić information content (AvgIpc) is 2.28. The smallest absolute Gasteiger partial charge is 0.0774 e. The number of thioether (sulfide) groups is 1. The molecule has 1 aliphatic heterocycles. The first-order valence-corrected chi connectivity index (χ1v) is 7.87. The molecule has 1 saturated heterocycles. The standard InChI is InChI=1S/C13H25NOS/c1-11-4-2-6-13(15,8-11)10-14-12-5-3-7-16-9-12/h11-12,14-15H,2-10H2,1H3. The van der Waals surface area contributed by atoms with E-state index in [2.05, 4.69) is 12.2 Å². The average molecular weight is 243 g/mol. The van der Waals surface area contributed by atoms with E-state index in [4.69, 9.17) is 0 Å². The Morgan fingerprint density at radius 2 is 2.25 bits per heavy atom. The first-order chi connectivity index (χ1) is 7.68. The van der Waals surface area contributed by atoms with Crippen molar-refractivity contribution >= 4 is 11.8 Å². The molecule has 1 heterocycles. The lowest BCUT2D eigenvalue weighted by Gasteiger charge is -2.37. The highest BCUT2D eigenvalue weighted by atomic mass is 32.2. The van der Waals surface area contributed by atoms with Gasteiger partial charge in [-0.05, 0) is 37.4 Å². The molecule has 16 heavy (non-hydrogen) atoms. The summed E-state index contributed by atoms with van der Waals surface area (Å²) in [7, 11) is 0. The molecule has 0 radical (unpaired) electrons. The monoisotopic (exact) mass is 243 g/mol. The second-order valence-corrected chi connectivity index (χ2v) is 6.87. The zero-order valence-corrected chi connectivity index (χ0v) is 11.2. The molecule has 0 aromatic heterocycles. The first-order valence-electron chi connectivity index (χ1n) is 6.71. The van der Waals surface area contributed by atoms with Crippen LogP contribution in [0.15, 0.2) is 0 Å². The van der Waals surface area contributed by atoms with E-state index in [-0.39, 0.29) is 0 Å². The Bertz CT molecular complexity index is 218. The fraction of sp³-hybridized carbons (Fsp3) is 1.00. The van der Waals surface area contributed by atoms with Gasteiger partial charge in [0.25, 0.3) is 0 Å². The van der Waals surface area contributed by atoms with Crippen molar-refractivity contribution in [1.82, 2.24) is 5.32 Å². The molecule has 0 amide bonds. The van der Waals surface area contributed by atoms with Gasteiger partial charge in [0.2, 0.25) is 0 Å². The van der Waals surface area contributed by atoms with E-state index < -0.39 is 5.60 Å². The van der Waals surface area contributed by atoms with Gasteiger partial charge in [0, 0.05) is 18.3 Å². The molecule has 2 fully saturated rings. The zero-order chi connectivity index (χ0) is 11.4. The zero-order valence-electron chi connectivity index (χ0n) is 10.4. The molecule has 3 unspecified atom stereocenters. The summed E-state index contributed by atoms with van der Waals surface area (Å²) in [5, 5.41) is 14.1. The molecule has 1 aliphatic carbocycles. The predicted octanol–water partition coefficient (Wildman–Crippen LogP) is 2.41. The Kier molecular flexibility index (Phi) is 4.57. The van der Waals surface area contributed by atoms with E-state index in [0.29, 0.717) is 12.0 Å². The molecule has 0 spiro atoms. The Morgan fingerprint density at radius 1 is 1.38 bits per heavy atom. The van der Waals surface area contributed by atoms with Gasteiger partial charge in [-0.25, -0.2) is 0 Å². The summed E-state index contributed by atoms with van der Waals surface area (Å²) < 4.78 is 0. The van der Waals surface area contributed by atoms with Crippen molar-refractivity contribution in [2.24, 2.45) is 5.92 Å². The molecular weight excluding hydrogens is 218 g/mol. The molecule has 0 aromatic rings. The van der Waals surface area contributed by atoms with Crippen LogP contribution in [0.4, 0.5) is 0 Å². The number of nitrogens with one attached hydrogen (secondary N) is 1. The minimum Gasteiger partial charge on any atom is -0.389 e. The molecule has 94 valence electrons. The molecule has 2 rings (SSSR count). The van der Waals surface area contributed by atoms with Crippen molar-refractivity contribution in [2.75, 3.05) is 18.1 Å². The number of aliphatic hydroxyl groups is 1. The van der Waals surface area contributed by atoms with Crippen molar-refractivity contribution < 1.29 is 5.11 Å². The minimum atomic E-state index is -0.417. The summed E-state index contributed by atoms with van der Waals surface area (Å²) in [6, 6.07) is 0.639. The Hall–Kier alpha value is 0.270. The molecule has 0 aromatic carbocycles. The van der Waals surface area contributed by atoms with Crippen molar-refractivity contribution in [3.05, 3.63) is 0 Å². The predicted molar refractivity (Wildman–Crippen MR) is 70.9 cm³/mol. The van der Waals surface area contributed by atoms with Gasteiger partial charge in [0.1, 0.15) is 0 Å². The quantitative estimate of drug-likeness (QED) is 0.798. The maximum absolute atomic E-state index is 10.5. The van der Waals surface area contributed by atoms with E-state index in [0.717, 1.165) is 19.4 Å². The maximum atomic E-state index is 10.5. The van der Waals surface area contributed by atoms with E-state index in [1.807, 2.05) is 11.8 Å². The van der Waals surface area contributed by atoms with Crippen molar-refractivity contribution in [3.63, 3.8) is 0 Å². The fourth-order valence-electron chi connectivity index (χ4n) is 3.03. The van der Waals surface area contributed by atoms with Crippen LogP contribution in [0.25, 0.3) is 0 Å². The van der Waals surface area contributed by atoms with Crippen LogP contribution in [0, 0.1) is 5.92 Å². The molecule has 3 heteroatoms. The summed E-state index contributed by atoms with van der Waals surface area (Å²) >= 11 is 2.04. The number of hydrogen-bond acceptors (Lipinski definition) is 3. The van der Waals surface area contributed by atoms with Gasteiger partial charge in [-0.2, -0.15) is 11.8 Å². The third-order valence-corrected chi connectivity index (χ3v) is 5.16. The van der Waals surface area contributed by atoms with Crippen LogP contribution in [0.5, 0.6) is 0 Å². The molecule has 2 nitrogen and oxygen atoms in total. The van der Waals surface area contributed by atoms with Crippen LogP contribution in [0.2, 0.25) is 0 Å². The van der Waals surface area contributed by atoms with Gasteiger partial charge in [-0.15, -0.1) is 0 Å². The summed E-state index contributed by atoms with van der Waals surface area (Å²) in [4.78, 5) is 0. The number of rotatable bonds is 3. The Balaban J connectivity index is 1.74. The lowest BCUT2D eigenvalue weighted by atomic mass is 9.79. The highest BCUT2D eigenvalue weighted by Crippen LogP contribution is 2.32. The van der Waals surface area contributed by atoms with Crippen LogP contribution in [0.1, 0.15) is 45.4 Å². The molecule has 3 atom stereocenters. The lowest BCUT2D eigenvalue weighted by Crippen LogP contribution is -2.48. The van der Waals surface area contributed by atoms with Crippen molar-refractivity contribution in [3.8, 4) is 0 Å². The summed E-state index contributed by atoms with van der Waals surface area (Å²) in [6.45, 7) is 3.07. The van der Waals surface area contributed by atoms with Crippen molar-refractivity contribution in [1.29, 1.82) is 0 Å². The SMILES string of the molecule is CC1CCCC(O)(CNC2CCCSC2)C1. The molecule has 2 aliphatic rings. The third-order valence-electron chi connectivity index (χ3n) is 3.95. The van der Waals surface area contributed by atoms with E-state index in [1.54, 1.807) is 0 Å². The van der Waals surface area contributed by atoms with Gasteiger partial charge < -0.3 is 10.4 Å². The lowest BCUT2D eigenvalue weighted by molar-refractivity contribution is -0.0134. The summed E-state index contributed by atoms with van der Waals surface area (Å²) in [5.41, 5.74) is -0.417. The highest BCUT2D eigenvalue weighted by molar-refractivity contribution is 7.99. The van der Waals surface area contributed by atoms with Crippen LogP contribution in [-0.4, -0.2) is 34.8 Å². The third kappa shape index (κ3) is 3.64. The van der Waals surface area contributed by atoms with Gasteiger partial charge in [0.05, 0.1) is 5.60 Å². The van der Waals surface area contributed by atoms with Crippen LogP contribution in [-0.2, 0) is 0 Å². The summed E-state index contributed by atoms with van der Waals surface area (Å²) in [6.07, 6.45) is 7.08. The van der Waals surface area contributed by atoms with E-state index in [9.17, 15) is 5.11 Å². The van der Waals surface area contributed by atoms with E-state index in [1.165, 1.54) is 37.2 Å². The topological polar surface area (TPSA) is 32.3 Å². The van der Waals surface area contributed by atoms with Gasteiger partial charge in [-0.3, -0.25) is 0 Å². The van der Waals surface area contributed by atoms with Gasteiger partial charge >= 0.3 is 0 Å². The molecule has 1 saturated carbocycles. The van der Waals surface area contributed by atoms with Gasteiger partial charge in [-0.1, -0.05) is 19.8 Å². The van der Waals surface area contributed by atoms with Crippen LogP contribution < -0.4 is 5.32 Å². The Labute approximate surface area is 104 Å². The molecule has 2 N–H and O–H groups in total. The Morgan fingerprint density at radius 3 is 2.94 bits per heavy atom. The normalized spacial score (nSPS) is 40.9. The second-order valence-electron chi connectivity index (χ2n) is 5.72. The largest absolute Gasteiger partial charge is 0.389 e. The second kappa shape index (κ2) is 5.74. The first kappa shape index (κ1) is 12.7. The van der Waals surface area contributed by atoms with Gasteiger partial charge in [0.15, 0.2) is 0 Å².